The van der Waals surface area contributed by atoms with Gasteiger partial charge in [0.1, 0.15) is 9.84 Å². The molecule has 4 nitrogen and oxygen atoms in total. The summed E-state index contributed by atoms with van der Waals surface area (Å²) in [6, 6.07) is 0. The first-order valence-corrected chi connectivity index (χ1v) is 6.99. The highest BCUT2D eigenvalue weighted by Crippen LogP contribution is 2.28. The van der Waals surface area contributed by atoms with Crippen LogP contribution in [0.4, 0.5) is 0 Å². The monoisotopic (exact) mass is 241 g/mol. The second kappa shape index (κ2) is 4.79. The van der Waals surface area contributed by atoms with E-state index in [9.17, 15) is 13.5 Å². The Morgan fingerprint density at radius 3 is 2.57 bits per heavy atom. The van der Waals surface area contributed by atoms with Crippen molar-refractivity contribution < 1.29 is 13.5 Å². The Kier molecular flexibility index (Phi) is 4.18. The van der Waals surface area contributed by atoms with Gasteiger partial charge in [0.2, 0.25) is 0 Å². The van der Waals surface area contributed by atoms with Crippen molar-refractivity contribution in [1.29, 1.82) is 0 Å². The minimum atomic E-state index is -3.01. The van der Waals surface area contributed by atoms with E-state index in [-0.39, 0.29) is 11.2 Å². The third-order valence-corrected chi connectivity index (χ3v) is 4.65. The largest absolute Gasteiger partial charge is 0.393 e. The van der Waals surface area contributed by atoms with Crippen LogP contribution in [-0.4, -0.2) is 37.7 Å². The molecule has 2 N–H and O–H groups in total. The molecule has 84 valence electrons. The summed E-state index contributed by atoms with van der Waals surface area (Å²) in [5, 5.41) is 9.29. The summed E-state index contributed by atoms with van der Waals surface area (Å²) >= 11 is 5.35. The van der Waals surface area contributed by atoms with Crippen LogP contribution < -0.4 is 4.84 Å². The molecule has 0 amide bonds. The number of hydrogen-bond acceptors (Lipinski definition) is 4. The van der Waals surface area contributed by atoms with E-state index in [0.717, 1.165) is 0 Å². The first-order chi connectivity index (χ1) is 6.45. The van der Waals surface area contributed by atoms with Crippen LogP contribution in [0.1, 0.15) is 19.3 Å². The summed E-state index contributed by atoms with van der Waals surface area (Å²) < 4.78 is 22.5. The zero-order chi connectivity index (χ0) is 10.8. The maximum Gasteiger partial charge on any atom is 0.150 e. The zero-order valence-corrected chi connectivity index (χ0v) is 9.68. The Hall–Kier alpha value is 0.160. The number of halogens is 1. The first kappa shape index (κ1) is 12.2. The van der Waals surface area contributed by atoms with Gasteiger partial charge in [-0.05, 0) is 37.0 Å². The fourth-order valence-electron chi connectivity index (χ4n) is 1.90. The lowest BCUT2D eigenvalue weighted by atomic mass is 9.86. The van der Waals surface area contributed by atoms with Gasteiger partial charge in [0.25, 0.3) is 0 Å². The van der Waals surface area contributed by atoms with Gasteiger partial charge >= 0.3 is 0 Å². The van der Waals surface area contributed by atoms with Gasteiger partial charge in [0, 0.05) is 12.8 Å². The second-order valence-corrected chi connectivity index (χ2v) is 6.52. The summed E-state index contributed by atoms with van der Waals surface area (Å²) in [4.78, 5) is 2.48. The third kappa shape index (κ3) is 3.08. The highest BCUT2D eigenvalue weighted by molar-refractivity contribution is 7.91. The molecular formula is C8H16ClNO3S. The van der Waals surface area contributed by atoms with Gasteiger partial charge in [-0.2, -0.15) is 0 Å². The summed E-state index contributed by atoms with van der Waals surface area (Å²) in [5.41, 5.74) is 0. The van der Waals surface area contributed by atoms with Gasteiger partial charge in [-0.1, -0.05) is 0 Å². The summed E-state index contributed by atoms with van der Waals surface area (Å²) in [6.07, 6.45) is 2.33. The molecule has 1 fully saturated rings. The maximum absolute atomic E-state index is 11.2. The summed E-state index contributed by atoms with van der Waals surface area (Å²) in [6.45, 7) is 0.527. The topological polar surface area (TPSA) is 66.4 Å². The molecule has 1 unspecified atom stereocenters. The van der Waals surface area contributed by atoms with Crippen LogP contribution in [0.5, 0.6) is 0 Å². The fourth-order valence-corrected chi connectivity index (χ4v) is 3.21. The zero-order valence-electron chi connectivity index (χ0n) is 8.11. The molecule has 6 heteroatoms. The molecule has 0 saturated heterocycles. The molecule has 1 aliphatic carbocycles. The standard InChI is InChI=1S/C8H16ClNO3S/c1-14(12,13)7-3-2-6(5-10-9)8(11)4-7/h6-8,10-11H,2-5H2,1H3/t6-,7?,8+/m0/s1. The molecule has 0 aromatic heterocycles. The van der Waals surface area contributed by atoms with Crippen molar-refractivity contribution in [2.45, 2.75) is 30.6 Å². The van der Waals surface area contributed by atoms with Crippen LogP contribution in [0.3, 0.4) is 0 Å². The number of rotatable bonds is 3. The summed E-state index contributed by atoms with van der Waals surface area (Å²) in [5.74, 6) is 0.0745. The lowest BCUT2D eigenvalue weighted by Crippen LogP contribution is -2.39. The molecule has 1 aliphatic rings. The number of sulfone groups is 1. The highest BCUT2D eigenvalue weighted by atomic mass is 35.5. The lowest BCUT2D eigenvalue weighted by Gasteiger charge is -2.31. The third-order valence-electron chi connectivity index (χ3n) is 2.85. The van der Waals surface area contributed by atoms with E-state index in [4.69, 9.17) is 11.8 Å². The number of aliphatic hydroxyl groups is 1. The fraction of sp³-hybridized carbons (Fsp3) is 1.00. The number of hydrogen-bond donors (Lipinski definition) is 2. The molecule has 1 rings (SSSR count). The SMILES string of the molecule is CS(=O)(=O)C1CC[C@@H](CNCl)[C@H](O)C1. The lowest BCUT2D eigenvalue weighted by molar-refractivity contribution is 0.0739. The second-order valence-electron chi connectivity index (χ2n) is 3.93. The van der Waals surface area contributed by atoms with Crippen molar-refractivity contribution in [3.8, 4) is 0 Å². The average Bonchev–Trinajstić information content (AvgIpc) is 2.07. The molecule has 0 radical (unpaired) electrons. The van der Waals surface area contributed by atoms with Gasteiger partial charge in [-0.25, -0.2) is 13.3 Å². The van der Waals surface area contributed by atoms with Crippen molar-refractivity contribution in [2.24, 2.45) is 5.92 Å². The van der Waals surface area contributed by atoms with E-state index in [2.05, 4.69) is 4.84 Å². The number of aliphatic hydroxyl groups excluding tert-OH is 1. The predicted octanol–water partition coefficient (Wildman–Crippen LogP) is 0.304. The van der Waals surface area contributed by atoms with Gasteiger partial charge in [-0.15, -0.1) is 0 Å². The van der Waals surface area contributed by atoms with Crippen molar-refractivity contribution in [1.82, 2.24) is 4.84 Å². The minimum absolute atomic E-state index is 0.0745. The van der Waals surface area contributed by atoms with E-state index < -0.39 is 15.9 Å². The Morgan fingerprint density at radius 2 is 2.14 bits per heavy atom. The van der Waals surface area contributed by atoms with Gasteiger partial charge in [0.05, 0.1) is 11.4 Å². The van der Waals surface area contributed by atoms with E-state index in [1.165, 1.54) is 6.26 Å². The normalized spacial score (nSPS) is 34.4. The molecule has 3 atom stereocenters. The van der Waals surface area contributed by atoms with E-state index in [0.29, 0.717) is 25.8 Å². The molecule has 0 heterocycles. The Balaban J connectivity index is 2.55. The molecule has 0 aromatic rings. The van der Waals surface area contributed by atoms with E-state index >= 15 is 0 Å². The van der Waals surface area contributed by atoms with Crippen LogP contribution in [-0.2, 0) is 9.84 Å². The smallest absolute Gasteiger partial charge is 0.150 e. The average molecular weight is 242 g/mol. The van der Waals surface area contributed by atoms with E-state index in [1.807, 2.05) is 0 Å². The van der Waals surface area contributed by atoms with Crippen LogP contribution in [0.25, 0.3) is 0 Å². The summed E-state index contributed by atoms with van der Waals surface area (Å²) in [7, 11) is -3.01. The maximum atomic E-state index is 11.2. The van der Waals surface area contributed by atoms with Gasteiger partial charge in [0.15, 0.2) is 0 Å². The molecule has 0 spiro atoms. The van der Waals surface area contributed by atoms with Crippen molar-refractivity contribution >= 4 is 21.6 Å². The molecule has 14 heavy (non-hydrogen) atoms. The molecule has 0 aromatic carbocycles. The van der Waals surface area contributed by atoms with Crippen molar-refractivity contribution in [2.75, 3.05) is 12.8 Å². The highest BCUT2D eigenvalue weighted by Gasteiger charge is 2.33. The van der Waals surface area contributed by atoms with Crippen molar-refractivity contribution in [3.05, 3.63) is 0 Å². The van der Waals surface area contributed by atoms with Gasteiger partial charge < -0.3 is 5.11 Å². The number of nitrogens with one attached hydrogen (secondary N) is 1. The molecule has 1 saturated carbocycles. The van der Waals surface area contributed by atoms with Crippen molar-refractivity contribution in [3.63, 3.8) is 0 Å². The predicted molar refractivity (Wildman–Crippen MR) is 55.8 cm³/mol. The Morgan fingerprint density at radius 1 is 1.50 bits per heavy atom. The Bertz CT molecular complexity index is 280. The first-order valence-electron chi connectivity index (χ1n) is 4.65. The molecule has 0 bridgehead atoms. The minimum Gasteiger partial charge on any atom is -0.393 e. The Labute approximate surface area is 89.7 Å². The molecular weight excluding hydrogens is 226 g/mol. The quantitative estimate of drug-likeness (QED) is 0.698. The van der Waals surface area contributed by atoms with Crippen LogP contribution in [0.2, 0.25) is 0 Å². The van der Waals surface area contributed by atoms with Crippen LogP contribution >= 0.6 is 11.8 Å². The van der Waals surface area contributed by atoms with Gasteiger partial charge in [-0.3, -0.25) is 0 Å². The molecule has 0 aliphatic heterocycles. The van der Waals surface area contributed by atoms with E-state index in [1.54, 1.807) is 0 Å². The van der Waals surface area contributed by atoms with Crippen LogP contribution in [0.15, 0.2) is 0 Å². The van der Waals surface area contributed by atoms with Crippen LogP contribution in [0, 0.1) is 5.92 Å².